The Labute approximate surface area is 171 Å². The molecule has 1 aromatic carbocycles. The molecule has 0 heterocycles. The fourth-order valence-electron chi connectivity index (χ4n) is 3.71. The fraction of sp³-hybridized carbons (Fsp3) is 0.680. The van der Waals surface area contributed by atoms with Gasteiger partial charge in [-0.3, -0.25) is 9.59 Å². The minimum Gasteiger partial charge on any atom is -0.481 e. The van der Waals surface area contributed by atoms with Crippen LogP contribution in [0.2, 0.25) is 0 Å². The maximum Gasteiger partial charge on any atom is 0.314 e. The van der Waals surface area contributed by atoms with Crippen molar-refractivity contribution in [2.24, 2.45) is 5.92 Å². The third-order valence-corrected chi connectivity index (χ3v) is 5.52. The van der Waals surface area contributed by atoms with Gasteiger partial charge >= 0.3 is 5.97 Å². The maximum absolute atomic E-state index is 12.4. The Bertz CT molecular complexity index is 524. The van der Waals surface area contributed by atoms with E-state index in [9.17, 15) is 14.7 Å². The molecular weight excluding hydrogens is 348 g/mol. The van der Waals surface area contributed by atoms with Gasteiger partial charge in [-0.2, -0.15) is 0 Å². The molecule has 1 atom stereocenters. The molecule has 1 rings (SSSR count). The van der Waals surface area contributed by atoms with Crippen molar-refractivity contribution in [3.8, 4) is 0 Å². The van der Waals surface area contributed by atoms with E-state index in [0.29, 0.717) is 12.0 Å². The first-order valence-electron chi connectivity index (χ1n) is 11.5. The summed E-state index contributed by atoms with van der Waals surface area (Å²) in [7, 11) is 0. The van der Waals surface area contributed by atoms with Crippen LogP contribution in [0.25, 0.3) is 0 Å². The highest BCUT2D eigenvalue weighted by molar-refractivity contribution is 6.08. The third kappa shape index (κ3) is 11.3. The monoisotopic (exact) mass is 388 g/mol. The number of Topliss-reactive ketones (excluding diaryl/α,β-unsaturated/α-hetero) is 1. The summed E-state index contributed by atoms with van der Waals surface area (Å²) in [4.78, 5) is 23.8. The molecule has 0 aliphatic heterocycles. The zero-order valence-electron chi connectivity index (χ0n) is 17.8. The van der Waals surface area contributed by atoms with E-state index in [1.165, 1.54) is 70.6 Å². The number of aliphatic carboxylic acids is 1. The van der Waals surface area contributed by atoms with Gasteiger partial charge in [0.2, 0.25) is 0 Å². The van der Waals surface area contributed by atoms with Gasteiger partial charge in [-0.25, -0.2) is 0 Å². The molecule has 1 aromatic rings. The van der Waals surface area contributed by atoms with E-state index >= 15 is 0 Å². The molecule has 0 saturated heterocycles. The second-order valence-corrected chi connectivity index (χ2v) is 8.01. The predicted octanol–water partition coefficient (Wildman–Crippen LogP) is 7.44. The summed E-state index contributed by atoms with van der Waals surface area (Å²) in [5, 5.41) is 9.39. The molecule has 1 unspecified atom stereocenters. The van der Waals surface area contributed by atoms with Crippen LogP contribution in [0, 0.1) is 5.92 Å². The van der Waals surface area contributed by atoms with Gasteiger partial charge in [-0.1, -0.05) is 127 Å². The van der Waals surface area contributed by atoms with Crippen molar-refractivity contribution in [2.75, 3.05) is 0 Å². The van der Waals surface area contributed by atoms with Gasteiger partial charge in [0.1, 0.15) is 5.92 Å². The van der Waals surface area contributed by atoms with Crippen LogP contribution in [0.3, 0.4) is 0 Å². The number of hydrogen-bond donors (Lipinski definition) is 1. The van der Waals surface area contributed by atoms with Crippen LogP contribution in [0.4, 0.5) is 0 Å². The molecule has 28 heavy (non-hydrogen) atoms. The molecule has 0 radical (unpaired) electrons. The van der Waals surface area contributed by atoms with Gasteiger partial charge in [-0.15, -0.1) is 0 Å². The predicted molar refractivity (Wildman–Crippen MR) is 117 cm³/mol. The summed E-state index contributed by atoms with van der Waals surface area (Å²) in [6.07, 6.45) is 18.2. The molecule has 0 aliphatic rings. The van der Waals surface area contributed by atoms with E-state index in [4.69, 9.17) is 0 Å². The minimum atomic E-state index is -0.997. The maximum atomic E-state index is 12.4. The van der Waals surface area contributed by atoms with Crippen LogP contribution in [0.1, 0.15) is 114 Å². The number of rotatable bonds is 18. The van der Waals surface area contributed by atoms with Crippen molar-refractivity contribution in [1.29, 1.82) is 0 Å². The largest absolute Gasteiger partial charge is 0.481 e. The normalized spacial score (nSPS) is 12.0. The van der Waals surface area contributed by atoms with E-state index in [1.54, 1.807) is 24.3 Å². The molecule has 0 bridgehead atoms. The zero-order chi connectivity index (χ0) is 20.5. The summed E-state index contributed by atoms with van der Waals surface area (Å²) in [5.41, 5.74) is 0.500. The summed E-state index contributed by atoms with van der Waals surface area (Å²) >= 11 is 0. The van der Waals surface area contributed by atoms with Crippen LogP contribution in [-0.4, -0.2) is 16.9 Å². The van der Waals surface area contributed by atoms with Crippen LogP contribution in [-0.2, 0) is 4.79 Å². The highest BCUT2D eigenvalue weighted by Gasteiger charge is 2.26. The first kappa shape index (κ1) is 24.4. The molecule has 1 N–H and O–H groups in total. The second-order valence-electron chi connectivity index (χ2n) is 8.01. The Balaban J connectivity index is 2.02. The van der Waals surface area contributed by atoms with Gasteiger partial charge < -0.3 is 5.11 Å². The molecule has 0 saturated carbocycles. The van der Waals surface area contributed by atoms with E-state index < -0.39 is 11.9 Å². The van der Waals surface area contributed by atoms with Crippen LogP contribution >= 0.6 is 0 Å². The Morgan fingerprint density at radius 2 is 1.14 bits per heavy atom. The number of carbonyl (C=O) groups is 2. The Kier molecular flexibility index (Phi) is 14.2. The topological polar surface area (TPSA) is 54.4 Å². The number of benzene rings is 1. The SMILES string of the molecule is CCCCCCCCCCCCCCCCC(C(=O)O)C(=O)c1ccccc1. The highest BCUT2D eigenvalue weighted by atomic mass is 16.4. The summed E-state index contributed by atoms with van der Waals surface area (Å²) in [6, 6.07) is 8.78. The quantitative estimate of drug-likeness (QED) is 0.161. The average Bonchev–Trinajstić information content (AvgIpc) is 2.71. The molecule has 3 heteroatoms. The number of carboxylic acid groups (broad SMARTS) is 1. The second kappa shape index (κ2) is 16.3. The lowest BCUT2D eigenvalue weighted by Crippen LogP contribution is -2.23. The average molecular weight is 389 g/mol. The molecule has 0 aliphatic carbocycles. The Morgan fingerprint density at radius 3 is 1.57 bits per heavy atom. The summed E-state index contributed by atoms with van der Waals surface area (Å²) < 4.78 is 0. The van der Waals surface area contributed by atoms with Gasteiger partial charge in [0, 0.05) is 5.56 Å². The van der Waals surface area contributed by atoms with E-state index in [1.807, 2.05) is 6.07 Å². The third-order valence-electron chi connectivity index (χ3n) is 5.52. The van der Waals surface area contributed by atoms with Gasteiger partial charge in [0.15, 0.2) is 5.78 Å². The molecular formula is C25H40O3. The smallest absolute Gasteiger partial charge is 0.314 e. The van der Waals surface area contributed by atoms with Crippen molar-refractivity contribution >= 4 is 11.8 Å². The number of hydrogen-bond acceptors (Lipinski definition) is 2. The first-order valence-corrected chi connectivity index (χ1v) is 11.5. The molecule has 0 fully saturated rings. The number of carbonyl (C=O) groups excluding carboxylic acids is 1. The summed E-state index contributed by atoms with van der Waals surface area (Å²) in [6.45, 7) is 2.26. The van der Waals surface area contributed by atoms with Gasteiger partial charge in [-0.05, 0) is 6.42 Å². The van der Waals surface area contributed by atoms with Crippen LogP contribution in [0.5, 0.6) is 0 Å². The summed E-state index contributed by atoms with van der Waals surface area (Å²) in [5.74, 6) is -2.16. The van der Waals surface area contributed by atoms with Gasteiger partial charge in [0.05, 0.1) is 0 Å². The van der Waals surface area contributed by atoms with Crippen molar-refractivity contribution < 1.29 is 14.7 Å². The highest BCUT2D eigenvalue weighted by Crippen LogP contribution is 2.18. The van der Waals surface area contributed by atoms with Gasteiger partial charge in [0.25, 0.3) is 0 Å². The lowest BCUT2D eigenvalue weighted by Gasteiger charge is -2.11. The van der Waals surface area contributed by atoms with E-state index in [0.717, 1.165) is 19.3 Å². The Morgan fingerprint density at radius 1 is 0.714 bits per heavy atom. The standard InChI is InChI=1S/C25H40O3/c1-2-3-4-5-6-7-8-9-10-11-12-13-14-18-21-23(25(27)28)24(26)22-19-16-15-17-20-22/h15-17,19-20,23H,2-14,18,21H2,1H3,(H,27,28). The minimum absolute atomic E-state index is 0.261. The Hall–Kier alpha value is -1.64. The van der Waals surface area contributed by atoms with Crippen LogP contribution < -0.4 is 0 Å². The number of ketones is 1. The van der Waals surface area contributed by atoms with Crippen molar-refractivity contribution in [1.82, 2.24) is 0 Å². The lowest BCUT2D eigenvalue weighted by atomic mass is 9.92. The van der Waals surface area contributed by atoms with E-state index in [2.05, 4.69) is 6.92 Å². The number of carboxylic acids is 1. The molecule has 158 valence electrons. The van der Waals surface area contributed by atoms with Crippen molar-refractivity contribution in [3.05, 3.63) is 35.9 Å². The lowest BCUT2D eigenvalue weighted by molar-refractivity contribution is -0.140. The van der Waals surface area contributed by atoms with Crippen molar-refractivity contribution in [2.45, 2.75) is 103 Å². The fourth-order valence-corrected chi connectivity index (χ4v) is 3.71. The van der Waals surface area contributed by atoms with E-state index in [-0.39, 0.29) is 5.78 Å². The molecule has 0 amide bonds. The molecule has 3 nitrogen and oxygen atoms in total. The first-order chi connectivity index (χ1) is 13.7. The zero-order valence-corrected chi connectivity index (χ0v) is 17.8. The van der Waals surface area contributed by atoms with Crippen molar-refractivity contribution in [3.63, 3.8) is 0 Å². The number of unbranched alkanes of at least 4 members (excludes halogenated alkanes) is 13. The van der Waals surface area contributed by atoms with Crippen LogP contribution in [0.15, 0.2) is 30.3 Å². The molecule has 0 spiro atoms. The molecule has 0 aromatic heterocycles.